The molecule has 0 unspecified atom stereocenters. The van der Waals surface area contributed by atoms with Crippen LogP contribution in [0.4, 0.5) is 0 Å². The zero-order valence-electron chi connectivity index (χ0n) is 9.91. The summed E-state index contributed by atoms with van der Waals surface area (Å²) in [5.41, 5.74) is 0.854. The second-order valence-corrected chi connectivity index (χ2v) is 6.66. The molecule has 2 rings (SSSR count). The molecular weight excluding hydrogens is 240 g/mol. The Morgan fingerprint density at radius 1 is 1.47 bits per heavy atom. The first kappa shape index (κ1) is 12.3. The van der Waals surface area contributed by atoms with Crippen molar-refractivity contribution in [2.45, 2.75) is 12.1 Å². The molecule has 0 radical (unpaired) electrons. The Bertz CT molecular complexity index is 491. The third-order valence-electron chi connectivity index (χ3n) is 2.92. The van der Waals surface area contributed by atoms with Crippen molar-refractivity contribution in [3.63, 3.8) is 0 Å². The highest BCUT2D eigenvalue weighted by atomic mass is 32.2. The maximum atomic E-state index is 11.6. The highest BCUT2D eigenvalue weighted by Gasteiger charge is 2.38. The summed E-state index contributed by atoms with van der Waals surface area (Å²) in [7, 11) is 0.802. The summed E-state index contributed by atoms with van der Waals surface area (Å²) in [6.07, 6.45) is 4.82. The molecule has 1 saturated heterocycles. The fourth-order valence-corrected chi connectivity index (χ4v) is 3.98. The molecule has 6 heteroatoms. The van der Waals surface area contributed by atoms with E-state index in [-0.39, 0.29) is 23.6 Å². The average molecular weight is 256 g/mol. The first-order valence-electron chi connectivity index (χ1n) is 5.40. The minimum Gasteiger partial charge on any atom is -0.472 e. The number of sulfone groups is 1. The molecule has 0 N–H and O–H groups in total. The van der Waals surface area contributed by atoms with E-state index >= 15 is 0 Å². The minimum atomic E-state index is -2.96. The lowest BCUT2D eigenvalue weighted by Gasteiger charge is -2.21. The molecule has 2 atom stereocenters. The van der Waals surface area contributed by atoms with E-state index in [1.54, 1.807) is 24.8 Å². The molecule has 17 heavy (non-hydrogen) atoms. The summed E-state index contributed by atoms with van der Waals surface area (Å²) in [4.78, 5) is 6.28. The molecule has 1 aliphatic rings. The Hall–Kier alpha value is -1.14. The van der Waals surface area contributed by atoms with Crippen LogP contribution in [0.15, 0.2) is 28.0 Å². The number of likely N-dealkylation sites (N-methyl/N-ethyl adjacent to an activating group) is 1. The van der Waals surface area contributed by atoms with Gasteiger partial charge in [0.1, 0.15) is 0 Å². The first-order valence-corrected chi connectivity index (χ1v) is 7.22. The standard InChI is InChI=1S/C11H16N2O3S/c1-13(2)11-8-17(14,15)7-10(11)12-5-9-3-4-16-6-9/h3-6,10-11H,7-8H2,1-2H3/t10-,11+/m0/s1. The van der Waals surface area contributed by atoms with E-state index in [0.717, 1.165) is 5.56 Å². The highest BCUT2D eigenvalue weighted by Crippen LogP contribution is 2.19. The summed E-state index contributed by atoms with van der Waals surface area (Å²) in [5, 5.41) is 0. The lowest BCUT2D eigenvalue weighted by atomic mass is 10.1. The molecule has 2 heterocycles. The fourth-order valence-electron chi connectivity index (χ4n) is 1.98. The second-order valence-electron chi connectivity index (χ2n) is 4.51. The average Bonchev–Trinajstić information content (AvgIpc) is 2.81. The number of nitrogens with zero attached hydrogens (tertiary/aromatic N) is 2. The molecule has 0 aliphatic carbocycles. The van der Waals surface area contributed by atoms with Crippen LogP contribution in [-0.2, 0) is 9.84 Å². The maximum Gasteiger partial charge on any atom is 0.154 e. The molecule has 1 aliphatic heterocycles. The molecule has 0 aromatic carbocycles. The van der Waals surface area contributed by atoms with Crippen molar-refractivity contribution < 1.29 is 12.8 Å². The lowest BCUT2D eigenvalue weighted by molar-refractivity contribution is 0.297. The SMILES string of the molecule is CN(C)[C@@H]1CS(=O)(=O)C[C@@H]1N=Cc1ccoc1. The van der Waals surface area contributed by atoms with E-state index in [1.807, 2.05) is 19.0 Å². The zero-order chi connectivity index (χ0) is 12.5. The zero-order valence-corrected chi connectivity index (χ0v) is 10.7. The van der Waals surface area contributed by atoms with Gasteiger partial charge in [0.25, 0.3) is 0 Å². The molecule has 94 valence electrons. The van der Waals surface area contributed by atoms with E-state index in [1.165, 1.54) is 0 Å². The highest BCUT2D eigenvalue weighted by molar-refractivity contribution is 7.91. The van der Waals surface area contributed by atoms with E-state index in [9.17, 15) is 8.42 Å². The minimum absolute atomic E-state index is 0.0387. The van der Waals surface area contributed by atoms with Crippen molar-refractivity contribution in [1.82, 2.24) is 4.90 Å². The Balaban J connectivity index is 2.14. The van der Waals surface area contributed by atoms with Crippen LogP contribution >= 0.6 is 0 Å². The largest absolute Gasteiger partial charge is 0.472 e. The molecule has 1 aromatic heterocycles. The van der Waals surface area contributed by atoms with Gasteiger partial charge in [-0.25, -0.2) is 8.42 Å². The van der Waals surface area contributed by atoms with Crippen molar-refractivity contribution in [3.8, 4) is 0 Å². The van der Waals surface area contributed by atoms with Gasteiger partial charge in [0.05, 0.1) is 30.1 Å². The fraction of sp³-hybridized carbons (Fsp3) is 0.545. The van der Waals surface area contributed by atoms with Gasteiger partial charge in [0.15, 0.2) is 9.84 Å². The molecule has 0 amide bonds. The molecule has 0 bridgehead atoms. The van der Waals surface area contributed by atoms with Crippen LogP contribution in [0.5, 0.6) is 0 Å². The van der Waals surface area contributed by atoms with Gasteiger partial charge in [-0.2, -0.15) is 0 Å². The van der Waals surface area contributed by atoms with Crippen molar-refractivity contribution >= 4 is 16.1 Å². The van der Waals surface area contributed by atoms with Gasteiger partial charge in [-0.05, 0) is 20.2 Å². The predicted octanol–water partition coefficient (Wildman–Crippen LogP) is 0.426. The summed E-state index contributed by atoms with van der Waals surface area (Å²) < 4.78 is 28.1. The molecule has 1 aromatic rings. The van der Waals surface area contributed by atoms with Gasteiger partial charge >= 0.3 is 0 Å². The Morgan fingerprint density at radius 2 is 2.24 bits per heavy atom. The second kappa shape index (κ2) is 4.62. The molecular formula is C11H16N2O3S. The summed E-state index contributed by atoms with van der Waals surface area (Å²) in [6, 6.07) is 1.56. The third kappa shape index (κ3) is 2.95. The third-order valence-corrected chi connectivity index (χ3v) is 4.61. The summed E-state index contributed by atoms with van der Waals surface area (Å²) in [6.45, 7) is 0. The summed E-state index contributed by atoms with van der Waals surface area (Å²) in [5.74, 6) is 0.317. The van der Waals surface area contributed by atoms with Crippen LogP contribution in [0.3, 0.4) is 0 Å². The molecule has 5 nitrogen and oxygen atoms in total. The van der Waals surface area contributed by atoms with Crippen LogP contribution in [0.25, 0.3) is 0 Å². The molecule has 0 saturated carbocycles. The van der Waals surface area contributed by atoms with Gasteiger partial charge in [-0.1, -0.05) is 0 Å². The van der Waals surface area contributed by atoms with E-state index in [2.05, 4.69) is 4.99 Å². The van der Waals surface area contributed by atoms with E-state index < -0.39 is 9.84 Å². The predicted molar refractivity (Wildman–Crippen MR) is 66.2 cm³/mol. The number of furan rings is 1. The number of hydrogen-bond acceptors (Lipinski definition) is 5. The van der Waals surface area contributed by atoms with Gasteiger partial charge in [0.2, 0.25) is 0 Å². The monoisotopic (exact) mass is 256 g/mol. The van der Waals surface area contributed by atoms with Crippen molar-refractivity contribution in [2.75, 3.05) is 25.6 Å². The maximum absolute atomic E-state index is 11.6. The smallest absolute Gasteiger partial charge is 0.154 e. The van der Waals surface area contributed by atoms with Crippen LogP contribution < -0.4 is 0 Å². The van der Waals surface area contributed by atoms with Gasteiger partial charge in [-0.3, -0.25) is 4.99 Å². The number of hydrogen-bond donors (Lipinski definition) is 0. The van der Waals surface area contributed by atoms with Gasteiger partial charge < -0.3 is 9.32 Å². The molecule has 1 fully saturated rings. The van der Waals surface area contributed by atoms with E-state index in [4.69, 9.17) is 4.42 Å². The van der Waals surface area contributed by atoms with Crippen molar-refractivity contribution in [1.29, 1.82) is 0 Å². The first-order chi connectivity index (χ1) is 7.98. The van der Waals surface area contributed by atoms with Crippen LogP contribution in [-0.4, -0.2) is 57.2 Å². The van der Waals surface area contributed by atoms with Crippen LogP contribution in [0, 0.1) is 0 Å². The number of aliphatic imine (C=N–C) groups is 1. The summed E-state index contributed by atoms with van der Waals surface area (Å²) >= 11 is 0. The van der Waals surface area contributed by atoms with E-state index in [0.29, 0.717) is 0 Å². The Morgan fingerprint density at radius 3 is 2.82 bits per heavy atom. The molecule has 0 spiro atoms. The Kier molecular flexibility index (Phi) is 3.35. The van der Waals surface area contributed by atoms with Crippen LogP contribution in [0.2, 0.25) is 0 Å². The normalized spacial score (nSPS) is 28.2. The lowest BCUT2D eigenvalue weighted by Crippen LogP contribution is -2.37. The van der Waals surface area contributed by atoms with Gasteiger partial charge in [-0.15, -0.1) is 0 Å². The van der Waals surface area contributed by atoms with Crippen molar-refractivity contribution in [2.24, 2.45) is 4.99 Å². The topological polar surface area (TPSA) is 62.9 Å². The van der Waals surface area contributed by atoms with Crippen LogP contribution in [0.1, 0.15) is 5.56 Å². The number of rotatable bonds is 3. The Labute approximate surface area is 101 Å². The van der Waals surface area contributed by atoms with Gasteiger partial charge in [0, 0.05) is 17.8 Å². The quantitative estimate of drug-likeness (QED) is 0.736. The van der Waals surface area contributed by atoms with Crippen molar-refractivity contribution in [3.05, 3.63) is 24.2 Å².